The summed E-state index contributed by atoms with van der Waals surface area (Å²) in [5.41, 5.74) is 6.32. The molecule has 116 valence electrons. The molecule has 1 unspecified atom stereocenters. The van der Waals surface area contributed by atoms with Crippen LogP contribution in [-0.2, 0) is 4.74 Å². The first kappa shape index (κ1) is 17.5. The summed E-state index contributed by atoms with van der Waals surface area (Å²) in [4.78, 5) is 16.0. The summed E-state index contributed by atoms with van der Waals surface area (Å²) < 4.78 is 5.86. The minimum Gasteiger partial charge on any atom is -0.383 e. The standard InChI is InChI=1S/C14H21BrN4O2/c1-10(9-21-2)19-14(16)18-7-6-17-13(20)11-4-3-5-12(15)8-11/h3-5,8,10H,6-7,9H2,1-2H3,(H,17,20)(H3,16,18,19). The molecular weight excluding hydrogens is 336 g/mol. The SMILES string of the molecule is COCC(C)NC(N)=NCCNC(=O)c1cccc(Br)c1. The number of rotatable bonds is 7. The van der Waals surface area contributed by atoms with E-state index in [0.717, 1.165) is 4.47 Å². The van der Waals surface area contributed by atoms with Crippen molar-refractivity contribution < 1.29 is 9.53 Å². The Kier molecular flexibility index (Phi) is 7.78. The zero-order valence-electron chi connectivity index (χ0n) is 12.2. The van der Waals surface area contributed by atoms with Crippen LogP contribution in [0.2, 0.25) is 0 Å². The Morgan fingerprint density at radius 1 is 1.52 bits per heavy atom. The van der Waals surface area contributed by atoms with Gasteiger partial charge in [0.15, 0.2) is 5.96 Å². The van der Waals surface area contributed by atoms with Crippen molar-refractivity contribution in [2.45, 2.75) is 13.0 Å². The topological polar surface area (TPSA) is 88.7 Å². The highest BCUT2D eigenvalue weighted by Gasteiger charge is 2.05. The summed E-state index contributed by atoms with van der Waals surface area (Å²) in [5.74, 6) is 0.210. The molecule has 0 radical (unpaired) electrons. The molecule has 4 N–H and O–H groups in total. The van der Waals surface area contributed by atoms with Gasteiger partial charge in [-0.1, -0.05) is 22.0 Å². The van der Waals surface area contributed by atoms with Crippen molar-refractivity contribution in [3.63, 3.8) is 0 Å². The average molecular weight is 357 g/mol. The van der Waals surface area contributed by atoms with Crippen LogP contribution in [0.1, 0.15) is 17.3 Å². The van der Waals surface area contributed by atoms with Crippen LogP contribution in [-0.4, -0.2) is 44.7 Å². The number of carbonyl (C=O) groups excluding carboxylic acids is 1. The molecule has 1 rings (SSSR count). The van der Waals surface area contributed by atoms with Gasteiger partial charge in [0, 0.05) is 29.7 Å². The molecule has 0 heterocycles. The van der Waals surface area contributed by atoms with E-state index in [2.05, 4.69) is 31.6 Å². The first-order valence-electron chi connectivity index (χ1n) is 6.62. The van der Waals surface area contributed by atoms with E-state index in [4.69, 9.17) is 10.5 Å². The van der Waals surface area contributed by atoms with Crippen LogP contribution in [0.15, 0.2) is 33.7 Å². The first-order chi connectivity index (χ1) is 10.0. The zero-order chi connectivity index (χ0) is 15.7. The fourth-order valence-corrected chi connectivity index (χ4v) is 2.07. The number of nitrogens with one attached hydrogen (secondary N) is 2. The summed E-state index contributed by atoms with van der Waals surface area (Å²) in [5, 5.41) is 5.78. The van der Waals surface area contributed by atoms with Gasteiger partial charge in [-0.2, -0.15) is 0 Å². The van der Waals surface area contributed by atoms with E-state index in [1.165, 1.54) is 0 Å². The van der Waals surface area contributed by atoms with E-state index in [1.807, 2.05) is 19.1 Å². The molecule has 21 heavy (non-hydrogen) atoms. The van der Waals surface area contributed by atoms with Crippen molar-refractivity contribution in [3.8, 4) is 0 Å². The average Bonchev–Trinajstić information content (AvgIpc) is 2.43. The Balaban J connectivity index is 2.31. The minimum atomic E-state index is -0.134. The molecule has 0 saturated carbocycles. The van der Waals surface area contributed by atoms with Crippen molar-refractivity contribution in [2.24, 2.45) is 10.7 Å². The molecule has 0 aliphatic heterocycles. The third kappa shape index (κ3) is 7.10. The smallest absolute Gasteiger partial charge is 0.251 e. The highest BCUT2D eigenvalue weighted by molar-refractivity contribution is 9.10. The number of halogens is 1. The van der Waals surface area contributed by atoms with Crippen molar-refractivity contribution >= 4 is 27.8 Å². The largest absolute Gasteiger partial charge is 0.383 e. The van der Waals surface area contributed by atoms with Crippen LogP contribution >= 0.6 is 15.9 Å². The number of nitrogens with zero attached hydrogens (tertiary/aromatic N) is 1. The molecule has 0 saturated heterocycles. The number of benzene rings is 1. The Hall–Kier alpha value is -1.60. The van der Waals surface area contributed by atoms with E-state index in [-0.39, 0.29) is 11.9 Å². The van der Waals surface area contributed by atoms with Gasteiger partial charge in [-0.3, -0.25) is 9.79 Å². The van der Waals surface area contributed by atoms with Gasteiger partial charge in [0.25, 0.3) is 5.91 Å². The molecule has 1 aromatic carbocycles. The third-order valence-corrected chi connectivity index (χ3v) is 3.07. The minimum absolute atomic E-state index is 0.0926. The Morgan fingerprint density at radius 3 is 2.95 bits per heavy atom. The molecular formula is C14H21BrN4O2. The monoisotopic (exact) mass is 356 g/mol. The molecule has 1 atom stereocenters. The molecule has 0 bridgehead atoms. The van der Waals surface area contributed by atoms with Crippen molar-refractivity contribution in [1.82, 2.24) is 10.6 Å². The van der Waals surface area contributed by atoms with Gasteiger partial charge >= 0.3 is 0 Å². The van der Waals surface area contributed by atoms with Gasteiger partial charge in [0.2, 0.25) is 0 Å². The molecule has 0 fully saturated rings. The number of carbonyl (C=O) groups is 1. The van der Waals surface area contributed by atoms with Crippen LogP contribution in [0, 0.1) is 0 Å². The number of aliphatic imine (C=N–C) groups is 1. The van der Waals surface area contributed by atoms with Crippen LogP contribution in [0.25, 0.3) is 0 Å². The summed E-state index contributed by atoms with van der Waals surface area (Å²) in [7, 11) is 1.63. The maximum atomic E-state index is 11.9. The van der Waals surface area contributed by atoms with E-state index in [9.17, 15) is 4.79 Å². The normalized spacial score (nSPS) is 12.8. The van der Waals surface area contributed by atoms with Gasteiger partial charge < -0.3 is 21.1 Å². The lowest BCUT2D eigenvalue weighted by atomic mass is 10.2. The quantitative estimate of drug-likeness (QED) is 0.388. The van der Waals surface area contributed by atoms with E-state index >= 15 is 0 Å². The van der Waals surface area contributed by atoms with Crippen molar-refractivity contribution in [2.75, 3.05) is 26.8 Å². The molecule has 0 aliphatic carbocycles. The first-order valence-corrected chi connectivity index (χ1v) is 7.41. The van der Waals surface area contributed by atoms with Gasteiger partial charge in [0.1, 0.15) is 0 Å². The lowest BCUT2D eigenvalue weighted by molar-refractivity contribution is 0.0954. The van der Waals surface area contributed by atoms with Gasteiger partial charge in [-0.25, -0.2) is 0 Å². The van der Waals surface area contributed by atoms with Crippen molar-refractivity contribution in [1.29, 1.82) is 0 Å². The molecule has 7 heteroatoms. The van der Waals surface area contributed by atoms with Gasteiger partial charge in [-0.05, 0) is 25.1 Å². The Bertz CT molecular complexity index is 494. The van der Waals surface area contributed by atoms with E-state index in [1.54, 1.807) is 19.2 Å². The second-order valence-electron chi connectivity index (χ2n) is 4.53. The zero-order valence-corrected chi connectivity index (χ0v) is 13.8. The number of ether oxygens (including phenoxy) is 1. The number of nitrogens with two attached hydrogens (primary N) is 1. The number of methoxy groups -OCH3 is 1. The number of hydrogen-bond donors (Lipinski definition) is 3. The van der Waals surface area contributed by atoms with Crippen LogP contribution in [0.3, 0.4) is 0 Å². The third-order valence-electron chi connectivity index (χ3n) is 2.58. The summed E-state index contributed by atoms with van der Waals surface area (Å²) in [6, 6.07) is 7.30. The Morgan fingerprint density at radius 2 is 2.29 bits per heavy atom. The molecule has 1 amide bonds. The highest BCUT2D eigenvalue weighted by atomic mass is 79.9. The highest BCUT2D eigenvalue weighted by Crippen LogP contribution is 2.11. The number of guanidine groups is 1. The molecule has 0 spiro atoms. The fraction of sp³-hybridized carbons (Fsp3) is 0.429. The summed E-state index contributed by atoms with van der Waals surface area (Å²) in [6.07, 6.45) is 0. The maximum absolute atomic E-state index is 11.9. The molecule has 0 aliphatic rings. The Labute approximate surface area is 133 Å². The van der Waals surface area contributed by atoms with Crippen LogP contribution < -0.4 is 16.4 Å². The second kappa shape index (κ2) is 9.36. The fourth-order valence-electron chi connectivity index (χ4n) is 1.67. The predicted molar refractivity (Wildman–Crippen MR) is 87.4 cm³/mol. The van der Waals surface area contributed by atoms with Crippen LogP contribution in [0.5, 0.6) is 0 Å². The van der Waals surface area contributed by atoms with E-state index < -0.39 is 0 Å². The van der Waals surface area contributed by atoms with Crippen molar-refractivity contribution in [3.05, 3.63) is 34.3 Å². The second-order valence-corrected chi connectivity index (χ2v) is 5.45. The summed E-state index contributed by atoms with van der Waals surface area (Å²) in [6.45, 7) is 3.33. The number of amides is 1. The number of hydrogen-bond acceptors (Lipinski definition) is 3. The maximum Gasteiger partial charge on any atom is 0.251 e. The lowest BCUT2D eigenvalue weighted by Gasteiger charge is -2.13. The molecule has 1 aromatic rings. The molecule has 6 nitrogen and oxygen atoms in total. The molecule has 0 aromatic heterocycles. The van der Waals surface area contributed by atoms with Gasteiger partial charge in [0.05, 0.1) is 13.2 Å². The van der Waals surface area contributed by atoms with Gasteiger partial charge in [-0.15, -0.1) is 0 Å². The predicted octanol–water partition coefficient (Wildman–Crippen LogP) is 1.12. The summed E-state index contributed by atoms with van der Waals surface area (Å²) >= 11 is 3.33. The van der Waals surface area contributed by atoms with E-state index in [0.29, 0.717) is 31.2 Å². The lowest BCUT2D eigenvalue weighted by Crippen LogP contribution is -2.41. The van der Waals surface area contributed by atoms with Crippen LogP contribution in [0.4, 0.5) is 0 Å².